The fourth-order valence-corrected chi connectivity index (χ4v) is 2.11. The van der Waals surface area contributed by atoms with Crippen LogP contribution < -0.4 is 4.74 Å². The van der Waals surface area contributed by atoms with E-state index in [1.807, 2.05) is 35.7 Å². The minimum absolute atomic E-state index is 0.371. The molecule has 0 fully saturated rings. The Labute approximate surface area is 104 Å². The minimum Gasteiger partial charge on any atom is -0.423 e. The number of rotatable bonds is 4. The van der Waals surface area contributed by atoms with Gasteiger partial charge >= 0.3 is 5.97 Å². The normalized spacial score (nSPS) is 9.88. The summed E-state index contributed by atoms with van der Waals surface area (Å²) in [6, 6.07) is 12.9. The van der Waals surface area contributed by atoms with Crippen molar-refractivity contribution in [2.24, 2.45) is 0 Å². The largest absolute Gasteiger partial charge is 0.423 e. The third-order valence-electron chi connectivity index (χ3n) is 2.21. The molecule has 0 saturated carbocycles. The van der Waals surface area contributed by atoms with E-state index in [-0.39, 0.29) is 5.97 Å². The molecule has 1 aromatic carbocycles. The first-order chi connectivity index (χ1) is 8.25. The van der Waals surface area contributed by atoms with Gasteiger partial charge in [-0.2, -0.15) is 0 Å². The summed E-state index contributed by atoms with van der Waals surface area (Å²) < 4.78 is 5.19. The minimum atomic E-state index is -0.371. The van der Waals surface area contributed by atoms with Crippen LogP contribution in [0.25, 0.3) is 0 Å². The molecule has 0 aliphatic carbocycles. The molecule has 0 aliphatic rings. The third kappa shape index (κ3) is 3.29. The summed E-state index contributed by atoms with van der Waals surface area (Å²) in [5.74, 6) is 0.175. The van der Waals surface area contributed by atoms with E-state index in [4.69, 9.17) is 4.74 Å². The van der Waals surface area contributed by atoms with Crippen LogP contribution in [0.2, 0.25) is 0 Å². The van der Waals surface area contributed by atoms with Gasteiger partial charge in [-0.3, -0.25) is 0 Å². The highest BCUT2D eigenvalue weighted by Gasteiger charge is 2.10. The maximum atomic E-state index is 11.7. The van der Waals surface area contributed by atoms with E-state index in [2.05, 4.69) is 6.58 Å². The van der Waals surface area contributed by atoms with Crippen LogP contribution in [-0.2, 0) is 11.2 Å². The number of benzene rings is 1. The molecule has 0 radical (unpaired) electrons. The lowest BCUT2D eigenvalue weighted by atomic mass is 10.2. The Bertz CT molecular complexity index is 500. The van der Waals surface area contributed by atoms with E-state index < -0.39 is 0 Å². The fourth-order valence-electron chi connectivity index (χ4n) is 1.36. The molecule has 0 saturated heterocycles. The SMILES string of the molecule is C=C(Cc1cccs1)C(=O)Oc1ccccc1. The zero-order valence-electron chi connectivity index (χ0n) is 9.26. The number of hydrogen-bond acceptors (Lipinski definition) is 3. The Morgan fingerprint density at radius 1 is 1.18 bits per heavy atom. The molecule has 0 bridgehead atoms. The predicted molar refractivity (Wildman–Crippen MR) is 69.2 cm³/mol. The van der Waals surface area contributed by atoms with E-state index in [1.165, 1.54) is 0 Å². The van der Waals surface area contributed by atoms with Crippen LogP contribution in [0.3, 0.4) is 0 Å². The molecule has 17 heavy (non-hydrogen) atoms. The first kappa shape index (κ1) is 11.6. The van der Waals surface area contributed by atoms with Crippen molar-refractivity contribution in [3.05, 3.63) is 64.9 Å². The van der Waals surface area contributed by atoms with Crippen molar-refractivity contribution >= 4 is 17.3 Å². The second-order valence-electron chi connectivity index (χ2n) is 3.56. The second kappa shape index (κ2) is 5.46. The van der Waals surface area contributed by atoms with Crippen molar-refractivity contribution in [3.8, 4) is 5.75 Å². The monoisotopic (exact) mass is 244 g/mol. The molecule has 0 aliphatic heterocycles. The first-order valence-electron chi connectivity index (χ1n) is 5.23. The second-order valence-corrected chi connectivity index (χ2v) is 4.59. The van der Waals surface area contributed by atoms with Crippen LogP contribution in [0.15, 0.2) is 60.0 Å². The lowest BCUT2D eigenvalue weighted by molar-refractivity contribution is -0.130. The summed E-state index contributed by atoms with van der Waals surface area (Å²) in [6.45, 7) is 3.76. The molecule has 1 heterocycles. The van der Waals surface area contributed by atoms with E-state index in [1.54, 1.807) is 23.5 Å². The summed E-state index contributed by atoms with van der Waals surface area (Å²) >= 11 is 1.61. The Morgan fingerprint density at radius 2 is 1.94 bits per heavy atom. The van der Waals surface area contributed by atoms with E-state index in [0.717, 1.165) is 4.88 Å². The molecule has 0 unspecified atom stereocenters. The molecule has 0 spiro atoms. The van der Waals surface area contributed by atoms with Crippen molar-refractivity contribution in [1.82, 2.24) is 0 Å². The van der Waals surface area contributed by atoms with Crippen molar-refractivity contribution in [2.75, 3.05) is 0 Å². The maximum Gasteiger partial charge on any atom is 0.339 e. The van der Waals surface area contributed by atoms with Crippen molar-refractivity contribution in [1.29, 1.82) is 0 Å². The summed E-state index contributed by atoms with van der Waals surface area (Å²) in [4.78, 5) is 12.8. The highest BCUT2D eigenvalue weighted by atomic mass is 32.1. The van der Waals surface area contributed by atoms with Gasteiger partial charge in [-0.1, -0.05) is 30.8 Å². The van der Waals surface area contributed by atoms with Crippen LogP contribution in [0, 0.1) is 0 Å². The van der Waals surface area contributed by atoms with Gasteiger partial charge in [0.05, 0.1) is 0 Å². The van der Waals surface area contributed by atoms with Gasteiger partial charge in [-0.15, -0.1) is 11.3 Å². The average molecular weight is 244 g/mol. The third-order valence-corrected chi connectivity index (χ3v) is 3.09. The van der Waals surface area contributed by atoms with Gasteiger partial charge in [0.25, 0.3) is 0 Å². The molecule has 86 valence electrons. The van der Waals surface area contributed by atoms with Crippen LogP contribution in [-0.4, -0.2) is 5.97 Å². The van der Waals surface area contributed by atoms with E-state index in [9.17, 15) is 4.79 Å². The van der Waals surface area contributed by atoms with Crippen molar-refractivity contribution < 1.29 is 9.53 Å². The zero-order valence-corrected chi connectivity index (χ0v) is 10.1. The van der Waals surface area contributed by atoms with Crippen LogP contribution in [0.5, 0.6) is 5.75 Å². The Morgan fingerprint density at radius 3 is 2.59 bits per heavy atom. The first-order valence-corrected chi connectivity index (χ1v) is 6.11. The number of para-hydroxylation sites is 1. The fraction of sp³-hybridized carbons (Fsp3) is 0.0714. The summed E-state index contributed by atoms with van der Waals surface area (Å²) in [5.41, 5.74) is 0.469. The molecule has 0 atom stereocenters. The molecule has 2 aromatic rings. The molecule has 2 rings (SSSR count). The number of esters is 1. The molecule has 3 heteroatoms. The number of carbonyl (C=O) groups excluding carboxylic acids is 1. The summed E-state index contributed by atoms with van der Waals surface area (Å²) in [6.07, 6.45) is 0.545. The smallest absolute Gasteiger partial charge is 0.339 e. The van der Waals surface area contributed by atoms with Crippen molar-refractivity contribution in [3.63, 3.8) is 0 Å². The highest BCUT2D eigenvalue weighted by Crippen LogP contribution is 2.16. The molecule has 0 N–H and O–H groups in total. The predicted octanol–water partition coefficient (Wildman–Crippen LogP) is 3.45. The molecule has 0 amide bonds. The highest BCUT2D eigenvalue weighted by molar-refractivity contribution is 7.09. The van der Waals surface area contributed by atoms with Gasteiger partial charge in [-0.05, 0) is 23.6 Å². The number of thiophene rings is 1. The standard InChI is InChI=1S/C14H12O2S/c1-11(10-13-8-5-9-17-13)14(15)16-12-6-3-2-4-7-12/h2-9H,1,10H2. The van der Waals surface area contributed by atoms with Crippen LogP contribution in [0.4, 0.5) is 0 Å². The number of hydrogen-bond donors (Lipinski definition) is 0. The van der Waals surface area contributed by atoms with Gasteiger partial charge < -0.3 is 4.74 Å². The molecule has 2 nitrogen and oxygen atoms in total. The summed E-state index contributed by atoms with van der Waals surface area (Å²) in [5, 5.41) is 1.98. The zero-order chi connectivity index (χ0) is 12.1. The lowest BCUT2D eigenvalue weighted by Gasteiger charge is -2.05. The van der Waals surface area contributed by atoms with Gasteiger partial charge in [-0.25, -0.2) is 4.79 Å². The quantitative estimate of drug-likeness (QED) is 0.468. The van der Waals surface area contributed by atoms with Crippen LogP contribution >= 0.6 is 11.3 Å². The van der Waals surface area contributed by atoms with Crippen LogP contribution in [0.1, 0.15) is 4.88 Å². The number of ether oxygens (including phenoxy) is 1. The van der Waals surface area contributed by atoms with E-state index in [0.29, 0.717) is 17.7 Å². The Balaban J connectivity index is 1.94. The van der Waals surface area contributed by atoms with Gasteiger partial charge in [0.1, 0.15) is 5.75 Å². The van der Waals surface area contributed by atoms with E-state index >= 15 is 0 Å². The molecular formula is C14H12O2S. The lowest BCUT2D eigenvalue weighted by Crippen LogP contribution is -2.11. The van der Waals surface area contributed by atoms with Gasteiger partial charge in [0.15, 0.2) is 0 Å². The van der Waals surface area contributed by atoms with Gasteiger partial charge in [0.2, 0.25) is 0 Å². The molecular weight excluding hydrogens is 232 g/mol. The molecule has 1 aromatic heterocycles. The van der Waals surface area contributed by atoms with Crippen molar-refractivity contribution in [2.45, 2.75) is 6.42 Å². The summed E-state index contributed by atoms with van der Waals surface area (Å²) in [7, 11) is 0. The maximum absolute atomic E-state index is 11.7. The Hall–Kier alpha value is -1.87. The van der Waals surface area contributed by atoms with Gasteiger partial charge in [0, 0.05) is 16.9 Å². The number of carbonyl (C=O) groups is 1. The average Bonchev–Trinajstić information content (AvgIpc) is 2.83. The topological polar surface area (TPSA) is 26.3 Å². The Kier molecular flexibility index (Phi) is 3.73.